The van der Waals surface area contributed by atoms with Crippen LogP contribution in [0.25, 0.3) is 11.4 Å². The fraction of sp³-hybridized carbons (Fsp3) is 0.136. The van der Waals surface area contributed by atoms with Gasteiger partial charge >= 0.3 is 0 Å². The summed E-state index contributed by atoms with van der Waals surface area (Å²) in [5.41, 5.74) is 1.44. The van der Waals surface area contributed by atoms with Crippen molar-refractivity contribution in [1.29, 1.82) is 0 Å². The lowest BCUT2D eigenvalue weighted by Gasteiger charge is -2.09. The van der Waals surface area contributed by atoms with E-state index in [1.165, 1.54) is 36.0 Å². The first kappa shape index (κ1) is 21.1. The zero-order valence-electron chi connectivity index (χ0n) is 16.3. The summed E-state index contributed by atoms with van der Waals surface area (Å²) in [5, 5.41) is 12.7. The Morgan fingerprint density at radius 2 is 1.87 bits per heavy atom. The van der Waals surface area contributed by atoms with Crippen LogP contribution in [0.3, 0.4) is 0 Å². The van der Waals surface area contributed by atoms with Crippen LogP contribution < -0.4 is 5.32 Å². The average Bonchev–Trinajstić information content (AvgIpc) is 3.41. The van der Waals surface area contributed by atoms with Crippen LogP contribution in [0.5, 0.6) is 0 Å². The number of halogens is 2. The van der Waals surface area contributed by atoms with Crippen molar-refractivity contribution < 1.29 is 13.6 Å². The number of nitrogens with zero attached hydrogens (tertiary/aromatic N) is 3. The van der Waals surface area contributed by atoms with Crippen molar-refractivity contribution in [3.63, 3.8) is 0 Å². The monoisotopic (exact) mass is 456 g/mol. The molecule has 0 unspecified atom stereocenters. The van der Waals surface area contributed by atoms with Gasteiger partial charge in [0.25, 0.3) is 0 Å². The molecule has 6 nitrogen and oxygen atoms in total. The summed E-state index contributed by atoms with van der Waals surface area (Å²) in [6.07, 6.45) is 1.89. The van der Waals surface area contributed by atoms with Gasteiger partial charge in [0.15, 0.2) is 11.0 Å². The van der Waals surface area contributed by atoms with E-state index in [1.54, 1.807) is 18.4 Å². The van der Waals surface area contributed by atoms with E-state index in [0.29, 0.717) is 34.0 Å². The third kappa shape index (κ3) is 5.53. The highest BCUT2D eigenvalue weighted by Crippen LogP contribution is 2.27. The lowest BCUT2D eigenvalue weighted by atomic mass is 10.2. The molecule has 0 fully saturated rings. The van der Waals surface area contributed by atoms with Crippen molar-refractivity contribution in [3.05, 3.63) is 83.5 Å². The summed E-state index contributed by atoms with van der Waals surface area (Å²) in [6, 6.07) is 16.7. The van der Waals surface area contributed by atoms with E-state index >= 15 is 0 Å². The average molecular weight is 457 g/mol. The van der Waals surface area contributed by atoms with Crippen LogP contribution in [-0.4, -0.2) is 26.4 Å². The van der Waals surface area contributed by atoms with Gasteiger partial charge < -0.3 is 9.73 Å². The molecule has 9 heteroatoms. The molecule has 2 aromatic carbocycles. The van der Waals surface area contributed by atoms with E-state index in [0.717, 1.165) is 11.3 Å². The molecule has 2 aromatic heterocycles. The van der Waals surface area contributed by atoms with Crippen LogP contribution in [0.15, 0.2) is 76.5 Å². The molecule has 0 saturated heterocycles. The number of aromatic nitrogens is 3. The molecule has 0 aliphatic rings. The van der Waals surface area contributed by atoms with Gasteiger partial charge in [-0.2, -0.15) is 0 Å². The number of benzene rings is 2. The summed E-state index contributed by atoms with van der Waals surface area (Å²) in [7, 11) is 0. The molecule has 1 N–H and O–H groups in total. The third-order valence-electron chi connectivity index (χ3n) is 4.40. The highest BCUT2D eigenvalue weighted by atomic mass is 35.5. The summed E-state index contributed by atoms with van der Waals surface area (Å²) in [4.78, 5) is 12.2. The maximum atomic E-state index is 13.0. The first-order valence-corrected chi connectivity index (χ1v) is 10.8. The zero-order valence-corrected chi connectivity index (χ0v) is 17.9. The zero-order chi connectivity index (χ0) is 21.6. The lowest BCUT2D eigenvalue weighted by Crippen LogP contribution is -2.12. The van der Waals surface area contributed by atoms with Gasteiger partial charge in [0.05, 0.1) is 12.8 Å². The van der Waals surface area contributed by atoms with Gasteiger partial charge in [-0.25, -0.2) is 4.39 Å². The van der Waals surface area contributed by atoms with Crippen molar-refractivity contribution >= 4 is 35.0 Å². The number of rotatable bonds is 8. The first-order chi connectivity index (χ1) is 15.1. The van der Waals surface area contributed by atoms with E-state index in [1.807, 2.05) is 28.8 Å². The van der Waals surface area contributed by atoms with Crippen LogP contribution in [-0.2, 0) is 11.3 Å². The summed E-state index contributed by atoms with van der Waals surface area (Å²) in [5.74, 6) is 1.46. The van der Waals surface area contributed by atoms with E-state index in [-0.39, 0.29) is 18.1 Å². The Hall–Kier alpha value is -3.10. The second-order valence-electron chi connectivity index (χ2n) is 6.63. The Morgan fingerprint density at radius 1 is 1.10 bits per heavy atom. The molecular formula is C22H18ClFN4O2S. The molecule has 0 aliphatic heterocycles. The van der Waals surface area contributed by atoms with Crippen molar-refractivity contribution in [3.8, 4) is 11.4 Å². The summed E-state index contributed by atoms with van der Waals surface area (Å²) in [6.45, 7) is 0.460. The Kier molecular flexibility index (Phi) is 6.69. The van der Waals surface area contributed by atoms with Crippen LogP contribution >= 0.6 is 23.4 Å². The Balaban J connectivity index is 1.45. The highest BCUT2D eigenvalue weighted by molar-refractivity contribution is 7.99. The lowest BCUT2D eigenvalue weighted by molar-refractivity contribution is -0.115. The van der Waals surface area contributed by atoms with Crippen molar-refractivity contribution in [2.75, 3.05) is 11.1 Å². The van der Waals surface area contributed by atoms with Gasteiger partial charge in [0.2, 0.25) is 5.91 Å². The molecule has 2 heterocycles. The second-order valence-corrected chi connectivity index (χ2v) is 8.13. The minimum Gasteiger partial charge on any atom is -0.467 e. The molecular weight excluding hydrogens is 439 g/mol. The fourth-order valence-corrected chi connectivity index (χ4v) is 3.90. The SMILES string of the molecule is O=C(CCSc1nnc(-c2ccc(Cl)cc2)n1Cc1ccco1)Nc1ccc(F)cc1. The highest BCUT2D eigenvalue weighted by Gasteiger charge is 2.16. The van der Waals surface area contributed by atoms with Crippen LogP contribution in [0, 0.1) is 5.82 Å². The molecule has 0 bridgehead atoms. The topological polar surface area (TPSA) is 73.0 Å². The molecule has 31 heavy (non-hydrogen) atoms. The smallest absolute Gasteiger partial charge is 0.225 e. The number of hydrogen-bond acceptors (Lipinski definition) is 5. The van der Waals surface area contributed by atoms with Gasteiger partial charge in [0.1, 0.15) is 11.6 Å². The normalized spacial score (nSPS) is 10.9. The number of thioether (sulfide) groups is 1. The van der Waals surface area contributed by atoms with Crippen molar-refractivity contribution in [1.82, 2.24) is 14.8 Å². The van der Waals surface area contributed by atoms with Crippen molar-refractivity contribution in [2.24, 2.45) is 0 Å². The molecule has 0 saturated carbocycles. The quantitative estimate of drug-likeness (QED) is 0.354. The molecule has 4 rings (SSSR count). The number of nitrogens with one attached hydrogen (secondary N) is 1. The minimum atomic E-state index is -0.346. The number of amides is 1. The predicted molar refractivity (Wildman–Crippen MR) is 119 cm³/mol. The Labute approximate surface area is 187 Å². The van der Waals surface area contributed by atoms with Gasteiger partial charge in [-0.05, 0) is 60.7 Å². The van der Waals surface area contributed by atoms with Crippen LogP contribution in [0.2, 0.25) is 5.02 Å². The maximum Gasteiger partial charge on any atom is 0.225 e. The van der Waals surface area contributed by atoms with Gasteiger partial charge in [-0.15, -0.1) is 10.2 Å². The summed E-state index contributed by atoms with van der Waals surface area (Å²) >= 11 is 7.43. The number of hydrogen-bond donors (Lipinski definition) is 1. The van der Waals surface area contributed by atoms with Gasteiger partial charge in [0, 0.05) is 28.4 Å². The first-order valence-electron chi connectivity index (χ1n) is 9.48. The Morgan fingerprint density at radius 3 is 2.58 bits per heavy atom. The summed E-state index contributed by atoms with van der Waals surface area (Å²) < 4.78 is 20.4. The van der Waals surface area contributed by atoms with Crippen LogP contribution in [0.4, 0.5) is 10.1 Å². The Bertz CT molecular complexity index is 1150. The number of carbonyl (C=O) groups excluding carboxylic acids is 1. The van der Waals surface area contributed by atoms with Gasteiger partial charge in [-0.3, -0.25) is 9.36 Å². The molecule has 158 valence electrons. The molecule has 1 amide bonds. The maximum absolute atomic E-state index is 13.0. The number of carbonyl (C=O) groups is 1. The van der Waals surface area contributed by atoms with E-state index < -0.39 is 0 Å². The standard InChI is InChI=1S/C22H18ClFN4O2S/c23-16-5-3-15(4-6-16)21-26-27-22(28(21)14-19-2-1-12-30-19)31-13-11-20(29)25-18-9-7-17(24)8-10-18/h1-10,12H,11,13-14H2,(H,25,29). The molecule has 0 radical (unpaired) electrons. The predicted octanol–water partition coefficient (Wildman–Crippen LogP) is 5.50. The van der Waals surface area contributed by atoms with E-state index in [4.69, 9.17) is 16.0 Å². The van der Waals surface area contributed by atoms with Gasteiger partial charge in [-0.1, -0.05) is 23.4 Å². The van der Waals surface area contributed by atoms with E-state index in [9.17, 15) is 9.18 Å². The fourth-order valence-electron chi connectivity index (χ4n) is 2.90. The van der Waals surface area contributed by atoms with Crippen molar-refractivity contribution in [2.45, 2.75) is 18.1 Å². The second kappa shape index (κ2) is 9.80. The molecule has 0 atom stereocenters. The van der Waals surface area contributed by atoms with Crippen LogP contribution in [0.1, 0.15) is 12.2 Å². The third-order valence-corrected chi connectivity index (χ3v) is 5.62. The largest absolute Gasteiger partial charge is 0.467 e. The molecule has 0 aliphatic carbocycles. The molecule has 4 aromatic rings. The molecule has 0 spiro atoms. The van der Waals surface area contributed by atoms with E-state index in [2.05, 4.69) is 15.5 Å². The number of furan rings is 1. The minimum absolute atomic E-state index is 0.158. The number of anilines is 1.